The van der Waals surface area contributed by atoms with Crippen LogP contribution in [0.4, 0.5) is 0 Å². The standard InChI is InChI=1S/C13H26N2O2S/c1-3-18-12-8-4-7-11(12)15-13(16)10(14)6-5-9-17-2/h10-12H,3-9,14H2,1-2H3,(H,15,16). The lowest BCUT2D eigenvalue weighted by molar-refractivity contribution is -0.123. The fourth-order valence-electron chi connectivity index (χ4n) is 2.37. The molecule has 5 heteroatoms. The smallest absolute Gasteiger partial charge is 0.237 e. The quantitative estimate of drug-likeness (QED) is 0.659. The number of hydrogen-bond donors (Lipinski definition) is 2. The lowest BCUT2D eigenvalue weighted by Gasteiger charge is -2.22. The molecule has 1 aliphatic carbocycles. The molecule has 0 heterocycles. The Bertz CT molecular complexity index is 251. The third-order valence-electron chi connectivity index (χ3n) is 3.36. The number of nitrogens with two attached hydrogens (primary N) is 1. The van der Waals surface area contributed by atoms with Crippen molar-refractivity contribution in [2.24, 2.45) is 5.73 Å². The van der Waals surface area contributed by atoms with Crippen LogP contribution in [-0.4, -0.2) is 42.7 Å². The molecular formula is C13H26N2O2S. The molecule has 0 aliphatic heterocycles. The molecule has 1 aliphatic rings. The van der Waals surface area contributed by atoms with Crippen molar-refractivity contribution in [1.82, 2.24) is 5.32 Å². The fourth-order valence-corrected chi connectivity index (χ4v) is 3.57. The first-order chi connectivity index (χ1) is 8.69. The molecule has 0 bridgehead atoms. The highest BCUT2D eigenvalue weighted by Gasteiger charge is 2.29. The van der Waals surface area contributed by atoms with Gasteiger partial charge in [0.25, 0.3) is 0 Å². The molecule has 3 unspecified atom stereocenters. The van der Waals surface area contributed by atoms with Crippen molar-refractivity contribution in [2.75, 3.05) is 19.5 Å². The van der Waals surface area contributed by atoms with Crippen LogP contribution >= 0.6 is 11.8 Å². The molecule has 106 valence electrons. The largest absolute Gasteiger partial charge is 0.385 e. The van der Waals surface area contributed by atoms with Crippen LogP contribution in [0.15, 0.2) is 0 Å². The number of nitrogens with one attached hydrogen (secondary N) is 1. The Kier molecular flexibility index (Phi) is 7.70. The molecule has 0 aromatic heterocycles. The van der Waals surface area contributed by atoms with Crippen molar-refractivity contribution in [3.8, 4) is 0 Å². The van der Waals surface area contributed by atoms with Gasteiger partial charge in [0.05, 0.1) is 6.04 Å². The Balaban J connectivity index is 2.29. The summed E-state index contributed by atoms with van der Waals surface area (Å²) in [7, 11) is 1.66. The number of rotatable bonds is 8. The van der Waals surface area contributed by atoms with E-state index in [4.69, 9.17) is 10.5 Å². The number of carbonyl (C=O) groups excluding carboxylic acids is 1. The zero-order chi connectivity index (χ0) is 13.4. The highest BCUT2D eigenvalue weighted by Crippen LogP contribution is 2.29. The van der Waals surface area contributed by atoms with Gasteiger partial charge in [0.2, 0.25) is 5.91 Å². The Labute approximate surface area is 114 Å². The Hall–Kier alpha value is -0.260. The first-order valence-electron chi connectivity index (χ1n) is 6.85. The van der Waals surface area contributed by atoms with Crippen LogP contribution in [0.25, 0.3) is 0 Å². The number of amides is 1. The van der Waals surface area contributed by atoms with Crippen molar-refractivity contribution in [2.45, 2.75) is 56.4 Å². The maximum absolute atomic E-state index is 12.0. The Morgan fingerprint density at radius 3 is 3.00 bits per heavy atom. The van der Waals surface area contributed by atoms with Crippen LogP contribution in [-0.2, 0) is 9.53 Å². The average molecular weight is 274 g/mol. The summed E-state index contributed by atoms with van der Waals surface area (Å²) in [6.07, 6.45) is 5.04. The average Bonchev–Trinajstić information content (AvgIpc) is 2.77. The van der Waals surface area contributed by atoms with Crippen molar-refractivity contribution in [3.05, 3.63) is 0 Å². The highest BCUT2D eigenvalue weighted by molar-refractivity contribution is 7.99. The van der Waals surface area contributed by atoms with Gasteiger partial charge in [0, 0.05) is 25.0 Å². The van der Waals surface area contributed by atoms with Gasteiger partial charge in [0.1, 0.15) is 0 Å². The van der Waals surface area contributed by atoms with E-state index in [1.54, 1.807) is 7.11 Å². The van der Waals surface area contributed by atoms with Gasteiger partial charge in [-0.15, -0.1) is 0 Å². The summed E-state index contributed by atoms with van der Waals surface area (Å²) in [5.74, 6) is 1.11. The van der Waals surface area contributed by atoms with Gasteiger partial charge in [-0.2, -0.15) is 11.8 Å². The maximum Gasteiger partial charge on any atom is 0.237 e. The molecule has 3 N–H and O–H groups in total. The van der Waals surface area contributed by atoms with Crippen LogP contribution in [0, 0.1) is 0 Å². The SMILES string of the molecule is CCSC1CCCC1NC(=O)C(N)CCCOC. The summed E-state index contributed by atoms with van der Waals surface area (Å²) in [5.41, 5.74) is 5.88. The number of thioether (sulfide) groups is 1. The molecule has 1 rings (SSSR count). The maximum atomic E-state index is 12.0. The topological polar surface area (TPSA) is 64.4 Å². The van der Waals surface area contributed by atoms with Gasteiger partial charge in [-0.25, -0.2) is 0 Å². The lowest BCUT2D eigenvalue weighted by Crippen LogP contribution is -2.47. The van der Waals surface area contributed by atoms with Crippen LogP contribution in [0.1, 0.15) is 39.0 Å². The predicted octanol–water partition coefficient (Wildman–Crippen LogP) is 1.53. The molecule has 3 atom stereocenters. The molecule has 0 radical (unpaired) electrons. The van der Waals surface area contributed by atoms with Crippen LogP contribution in [0.3, 0.4) is 0 Å². The molecule has 0 spiro atoms. The van der Waals surface area contributed by atoms with Crippen molar-refractivity contribution in [3.63, 3.8) is 0 Å². The van der Waals surface area contributed by atoms with E-state index in [1.165, 1.54) is 12.8 Å². The molecule has 0 saturated heterocycles. The molecule has 1 amide bonds. The van der Waals surface area contributed by atoms with Gasteiger partial charge in [-0.05, 0) is 31.4 Å². The molecule has 0 aromatic rings. The minimum Gasteiger partial charge on any atom is -0.385 e. The molecule has 1 fully saturated rings. The van der Waals surface area contributed by atoms with Gasteiger partial charge >= 0.3 is 0 Å². The van der Waals surface area contributed by atoms with E-state index in [1.807, 2.05) is 11.8 Å². The van der Waals surface area contributed by atoms with E-state index in [9.17, 15) is 4.79 Å². The lowest BCUT2D eigenvalue weighted by atomic mass is 10.1. The molecular weight excluding hydrogens is 248 g/mol. The first-order valence-corrected chi connectivity index (χ1v) is 7.90. The third-order valence-corrected chi connectivity index (χ3v) is 4.69. The van der Waals surface area contributed by atoms with Crippen LogP contribution in [0.5, 0.6) is 0 Å². The van der Waals surface area contributed by atoms with Crippen molar-refractivity contribution >= 4 is 17.7 Å². The van der Waals surface area contributed by atoms with E-state index < -0.39 is 6.04 Å². The van der Waals surface area contributed by atoms with E-state index in [-0.39, 0.29) is 5.91 Å². The van der Waals surface area contributed by atoms with Crippen molar-refractivity contribution in [1.29, 1.82) is 0 Å². The van der Waals surface area contributed by atoms with Gasteiger partial charge in [-0.3, -0.25) is 4.79 Å². The summed E-state index contributed by atoms with van der Waals surface area (Å²) in [6.45, 7) is 2.83. The second-order valence-electron chi connectivity index (χ2n) is 4.78. The highest BCUT2D eigenvalue weighted by atomic mass is 32.2. The van der Waals surface area contributed by atoms with Gasteiger partial charge < -0.3 is 15.8 Å². The molecule has 1 saturated carbocycles. The number of ether oxygens (including phenoxy) is 1. The monoisotopic (exact) mass is 274 g/mol. The minimum absolute atomic E-state index is 0.000272. The number of hydrogen-bond acceptors (Lipinski definition) is 4. The van der Waals surface area contributed by atoms with Gasteiger partial charge in [0.15, 0.2) is 0 Å². The number of carbonyl (C=O) groups is 1. The van der Waals surface area contributed by atoms with Gasteiger partial charge in [-0.1, -0.05) is 13.3 Å². The minimum atomic E-state index is -0.395. The predicted molar refractivity (Wildman–Crippen MR) is 76.8 cm³/mol. The molecule has 18 heavy (non-hydrogen) atoms. The zero-order valence-electron chi connectivity index (χ0n) is 11.5. The Morgan fingerprint density at radius 2 is 2.33 bits per heavy atom. The summed E-state index contributed by atoms with van der Waals surface area (Å²) >= 11 is 1.95. The van der Waals surface area contributed by atoms with E-state index in [0.717, 1.165) is 18.6 Å². The summed E-state index contributed by atoms with van der Waals surface area (Å²) in [6, 6.07) is -0.0797. The van der Waals surface area contributed by atoms with Crippen LogP contribution in [0.2, 0.25) is 0 Å². The van der Waals surface area contributed by atoms with Crippen LogP contribution < -0.4 is 11.1 Å². The normalized spacial score (nSPS) is 25.1. The summed E-state index contributed by atoms with van der Waals surface area (Å²) < 4.78 is 4.96. The second kappa shape index (κ2) is 8.77. The zero-order valence-corrected chi connectivity index (χ0v) is 12.3. The molecule has 0 aromatic carbocycles. The van der Waals surface area contributed by atoms with Crippen molar-refractivity contribution < 1.29 is 9.53 Å². The van der Waals surface area contributed by atoms with E-state index >= 15 is 0 Å². The summed E-state index contributed by atoms with van der Waals surface area (Å²) in [5, 5.41) is 3.69. The number of methoxy groups -OCH3 is 1. The Morgan fingerprint density at radius 1 is 1.56 bits per heavy atom. The molecule has 4 nitrogen and oxygen atoms in total. The van der Waals surface area contributed by atoms with E-state index in [0.29, 0.717) is 24.3 Å². The fraction of sp³-hybridized carbons (Fsp3) is 0.923. The van der Waals surface area contributed by atoms with E-state index in [2.05, 4.69) is 12.2 Å². The summed E-state index contributed by atoms with van der Waals surface area (Å²) in [4.78, 5) is 12.0. The second-order valence-corrected chi connectivity index (χ2v) is 6.30. The third kappa shape index (κ3) is 5.16. The first kappa shape index (κ1) is 15.8.